The van der Waals surface area contributed by atoms with E-state index in [4.69, 9.17) is 15.8 Å². The molecule has 3 aromatic rings. The predicted molar refractivity (Wildman–Crippen MR) is 101 cm³/mol. The van der Waals surface area contributed by atoms with Crippen LogP contribution in [-0.2, 0) is 16.3 Å². The first-order valence-corrected chi connectivity index (χ1v) is 10.2. The summed E-state index contributed by atoms with van der Waals surface area (Å²) in [7, 11) is -4.22. The number of rotatable bonds is 5. The van der Waals surface area contributed by atoms with Crippen molar-refractivity contribution in [3.8, 4) is 5.88 Å². The van der Waals surface area contributed by atoms with E-state index in [-0.39, 0.29) is 15.8 Å². The van der Waals surface area contributed by atoms with Crippen LogP contribution in [0.5, 0.6) is 5.88 Å². The van der Waals surface area contributed by atoms with Gasteiger partial charge in [-0.05, 0) is 49.7 Å². The summed E-state index contributed by atoms with van der Waals surface area (Å²) >= 11 is 5.84. The molecule has 0 bridgehead atoms. The summed E-state index contributed by atoms with van der Waals surface area (Å²) in [5, 5.41) is 4.41. The third kappa shape index (κ3) is 4.73. The maximum atomic E-state index is 13.0. The van der Waals surface area contributed by atoms with E-state index in [0.717, 1.165) is 12.1 Å². The van der Waals surface area contributed by atoms with Crippen molar-refractivity contribution >= 4 is 21.7 Å². The van der Waals surface area contributed by atoms with Gasteiger partial charge in [-0.15, -0.1) is 0 Å². The Labute approximate surface area is 170 Å². The van der Waals surface area contributed by atoms with E-state index in [0.29, 0.717) is 11.3 Å². The number of nitrogens with zero attached hydrogens (tertiary/aromatic N) is 2. The lowest BCUT2D eigenvalue weighted by Gasteiger charge is -2.17. The molecule has 1 atom stereocenters. The number of aromatic nitrogens is 2. The monoisotopic (exact) mass is 444 g/mol. The molecule has 2 aromatic carbocycles. The summed E-state index contributed by atoms with van der Waals surface area (Å²) in [6, 6.07) is 11.0. The zero-order valence-corrected chi connectivity index (χ0v) is 16.9. The van der Waals surface area contributed by atoms with Crippen molar-refractivity contribution in [2.45, 2.75) is 31.0 Å². The number of benzene rings is 2. The Hall–Kier alpha value is -2.52. The van der Waals surface area contributed by atoms with Crippen molar-refractivity contribution in [2.75, 3.05) is 0 Å². The van der Waals surface area contributed by atoms with Crippen LogP contribution in [-0.4, -0.2) is 18.2 Å². The molecule has 0 saturated carbocycles. The van der Waals surface area contributed by atoms with Crippen LogP contribution in [0.4, 0.5) is 13.2 Å². The Bertz CT molecular complexity index is 1140. The van der Waals surface area contributed by atoms with Gasteiger partial charge >= 0.3 is 16.3 Å². The summed E-state index contributed by atoms with van der Waals surface area (Å²) < 4.78 is 70.7. The molecule has 154 valence electrons. The Morgan fingerprint density at radius 3 is 2.45 bits per heavy atom. The second kappa shape index (κ2) is 7.72. The molecule has 0 saturated heterocycles. The molecular formula is C19H16ClF3N2O3S. The summed E-state index contributed by atoms with van der Waals surface area (Å²) in [6.07, 6.45) is -4.50. The van der Waals surface area contributed by atoms with E-state index < -0.39 is 27.9 Å². The van der Waals surface area contributed by atoms with Crippen molar-refractivity contribution in [3.63, 3.8) is 0 Å². The minimum Gasteiger partial charge on any atom is -0.358 e. The van der Waals surface area contributed by atoms with Crippen molar-refractivity contribution in [1.82, 2.24) is 9.78 Å². The molecule has 1 heterocycles. The quantitative estimate of drug-likeness (QED) is 0.505. The highest BCUT2D eigenvalue weighted by Gasteiger charge is 2.31. The first-order valence-electron chi connectivity index (χ1n) is 8.41. The predicted octanol–water partition coefficient (Wildman–Crippen LogP) is 5.24. The lowest BCUT2D eigenvalue weighted by Crippen LogP contribution is -2.16. The van der Waals surface area contributed by atoms with Gasteiger partial charge in [0.05, 0.1) is 17.3 Å². The minimum atomic E-state index is -4.50. The van der Waals surface area contributed by atoms with Gasteiger partial charge in [-0.2, -0.15) is 26.7 Å². The first-order chi connectivity index (χ1) is 13.5. The van der Waals surface area contributed by atoms with Gasteiger partial charge < -0.3 is 4.18 Å². The van der Waals surface area contributed by atoms with E-state index in [1.54, 1.807) is 13.8 Å². The van der Waals surface area contributed by atoms with Crippen LogP contribution in [0, 0.1) is 6.92 Å². The molecule has 0 N–H and O–H groups in total. The lowest BCUT2D eigenvalue weighted by molar-refractivity contribution is -0.137. The highest BCUT2D eigenvalue weighted by molar-refractivity contribution is 7.87. The summed E-state index contributed by atoms with van der Waals surface area (Å²) in [5.74, 6) is -0.118. The molecule has 0 spiro atoms. The highest BCUT2D eigenvalue weighted by atomic mass is 35.5. The molecule has 0 radical (unpaired) electrons. The van der Waals surface area contributed by atoms with E-state index in [1.807, 2.05) is 0 Å². The third-order valence-corrected chi connectivity index (χ3v) is 5.62. The molecule has 0 aliphatic carbocycles. The van der Waals surface area contributed by atoms with Gasteiger partial charge in [-0.25, -0.2) is 4.68 Å². The lowest BCUT2D eigenvalue weighted by atomic mass is 10.1. The van der Waals surface area contributed by atoms with Gasteiger partial charge in [0, 0.05) is 11.1 Å². The van der Waals surface area contributed by atoms with E-state index >= 15 is 0 Å². The van der Waals surface area contributed by atoms with Gasteiger partial charge in [0.15, 0.2) is 0 Å². The number of halogens is 4. The summed E-state index contributed by atoms with van der Waals surface area (Å²) in [5.41, 5.74) is -0.0622. The average Bonchev–Trinajstić information content (AvgIpc) is 3.00. The number of hydrogen-bond acceptors (Lipinski definition) is 4. The Morgan fingerprint density at radius 2 is 1.79 bits per heavy atom. The van der Waals surface area contributed by atoms with E-state index in [9.17, 15) is 21.6 Å². The minimum absolute atomic E-state index is 0.118. The zero-order valence-electron chi connectivity index (χ0n) is 15.3. The average molecular weight is 445 g/mol. The van der Waals surface area contributed by atoms with Crippen LogP contribution < -0.4 is 4.18 Å². The van der Waals surface area contributed by atoms with E-state index in [2.05, 4.69) is 5.10 Å². The van der Waals surface area contributed by atoms with Gasteiger partial charge in [0.1, 0.15) is 4.90 Å². The fourth-order valence-electron chi connectivity index (χ4n) is 2.73. The second-order valence-corrected chi connectivity index (χ2v) is 8.35. The first kappa shape index (κ1) is 21.2. The largest absolute Gasteiger partial charge is 0.416 e. The van der Waals surface area contributed by atoms with Crippen molar-refractivity contribution in [3.05, 3.63) is 76.4 Å². The molecule has 1 aromatic heterocycles. The van der Waals surface area contributed by atoms with Gasteiger partial charge in [-0.3, -0.25) is 0 Å². The fourth-order valence-corrected chi connectivity index (χ4v) is 3.95. The van der Waals surface area contributed by atoms with Crippen LogP contribution in [0.2, 0.25) is 5.02 Å². The van der Waals surface area contributed by atoms with Crippen molar-refractivity contribution in [2.24, 2.45) is 0 Å². The standard InChI is InChI=1S/C19H16ClF3N2O3S/c1-12-9-18(28-29(26,27)17-8-4-7-16(20)11-17)25(24-12)13(2)14-5-3-6-15(10-14)19(21,22)23/h3-11,13H,1-2H3. The van der Waals surface area contributed by atoms with Crippen LogP contribution >= 0.6 is 11.6 Å². The Balaban J connectivity index is 1.97. The van der Waals surface area contributed by atoms with Gasteiger partial charge in [0.25, 0.3) is 0 Å². The topological polar surface area (TPSA) is 61.2 Å². The Morgan fingerprint density at radius 1 is 1.10 bits per heavy atom. The molecule has 3 rings (SSSR count). The van der Waals surface area contributed by atoms with Crippen LogP contribution in [0.15, 0.2) is 59.5 Å². The molecule has 0 fully saturated rings. The maximum absolute atomic E-state index is 13.0. The third-order valence-electron chi connectivity index (χ3n) is 4.17. The molecule has 1 unspecified atom stereocenters. The number of aryl methyl sites for hydroxylation is 1. The molecule has 0 aliphatic rings. The SMILES string of the molecule is Cc1cc(OS(=O)(=O)c2cccc(Cl)c2)n(C(C)c2cccc(C(F)(F)F)c2)n1. The number of alkyl halides is 3. The normalized spacial score (nSPS) is 13.3. The van der Waals surface area contributed by atoms with Crippen LogP contribution in [0.3, 0.4) is 0 Å². The van der Waals surface area contributed by atoms with Crippen LogP contribution in [0.1, 0.15) is 29.8 Å². The molecule has 0 amide bonds. The molecule has 5 nitrogen and oxygen atoms in total. The van der Waals surface area contributed by atoms with Crippen LogP contribution in [0.25, 0.3) is 0 Å². The zero-order chi connectivity index (χ0) is 21.4. The Kier molecular flexibility index (Phi) is 5.64. The van der Waals surface area contributed by atoms with Crippen molar-refractivity contribution in [1.29, 1.82) is 0 Å². The molecule has 29 heavy (non-hydrogen) atoms. The van der Waals surface area contributed by atoms with E-state index in [1.165, 1.54) is 47.1 Å². The molecule has 10 heteroatoms. The molecular weight excluding hydrogens is 429 g/mol. The van der Waals surface area contributed by atoms with Crippen molar-refractivity contribution < 1.29 is 25.8 Å². The fraction of sp³-hybridized carbons (Fsp3) is 0.211. The van der Waals surface area contributed by atoms with Gasteiger partial charge in [0.2, 0.25) is 5.88 Å². The number of hydrogen-bond donors (Lipinski definition) is 0. The highest BCUT2D eigenvalue weighted by Crippen LogP contribution is 2.33. The summed E-state index contributed by atoms with van der Waals surface area (Å²) in [6.45, 7) is 3.22. The second-order valence-electron chi connectivity index (χ2n) is 6.36. The molecule has 0 aliphatic heterocycles. The maximum Gasteiger partial charge on any atom is 0.416 e. The van der Waals surface area contributed by atoms with Gasteiger partial charge in [-0.1, -0.05) is 29.8 Å². The summed E-state index contributed by atoms with van der Waals surface area (Å²) in [4.78, 5) is -0.151. The smallest absolute Gasteiger partial charge is 0.358 e.